The molecule has 1 heterocycles. The second-order valence-corrected chi connectivity index (χ2v) is 6.64. The molecule has 0 aromatic heterocycles. The van der Waals surface area contributed by atoms with E-state index in [1.807, 2.05) is 24.3 Å². The third-order valence-electron chi connectivity index (χ3n) is 3.91. The second kappa shape index (κ2) is 6.24. The lowest BCUT2D eigenvalue weighted by molar-refractivity contribution is -0.125. The van der Waals surface area contributed by atoms with Gasteiger partial charge in [0, 0.05) is 15.3 Å². The summed E-state index contributed by atoms with van der Waals surface area (Å²) in [5.41, 5.74) is 1.51. The Balaban J connectivity index is 2.12. The number of rotatable bonds is 4. The van der Waals surface area contributed by atoms with Gasteiger partial charge in [0.15, 0.2) is 5.60 Å². The van der Waals surface area contributed by atoms with Crippen molar-refractivity contribution in [3.05, 3.63) is 71.0 Å². The Morgan fingerprint density at radius 2 is 1.79 bits per heavy atom. The van der Waals surface area contributed by atoms with E-state index in [1.54, 1.807) is 26.0 Å². The maximum absolute atomic E-state index is 13.6. The van der Waals surface area contributed by atoms with Gasteiger partial charge < -0.3 is 4.74 Å². The number of Topliss-reactive ketones (excluding diaryl/α,β-unsaturated/α-hetero) is 1. The fraction of sp³-hybridized carbons (Fsp3) is 0.211. The van der Waals surface area contributed by atoms with Crippen molar-refractivity contribution >= 4 is 28.8 Å². The summed E-state index contributed by atoms with van der Waals surface area (Å²) < 4.78 is 30.1. The monoisotopic (exact) mass is 343 g/mol. The number of ketones is 1. The first kappa shape index (κ1) is 16.5. The normalized spacial score (nSPS) is 16.2. The third kappa shape index (κ3) is 2.99. The van der Waals surface area contributed by atoms with Gasteiger partial charge in [-0.1, -0.05) is 36.4 Å². The number of halogens is 1. The first-order chi connectivity index (χ1) is 11.4. The molecule has 0 aliphatic carbocycles. The van der Waals surface area contributed by atoms with Crippen molar-refractivity contribution in [2.45, 2.75) is 25.2 Å². The van der Waals surface area contributed by atoms with Crippen LogP contribution in [0.1, 0.15) is 30.5 Å². The maximum Gasteiger partial charge on any atom is 0.463 e. The Kier molecular flexibility index (Phi) is 4.28. The molecule has 3 nitrogen and oxygen atoms in total. The van der Waals surface area contributed by atoms with Gasteiger partial charge in [-0.2, -0.15) is 0 Å². The summed E-state index contributed by atoms with van der Waals surface area (Å²) in [6.07, 6.45) is 0. The Hall–Kier alpha value is -2.40. The highest BCUT2D eigenvalue weighted by molar-refractivity contribution is 7.64. The topological polar surface area (TPSA) is 43.4 Å². The summed E-state index contributed by atoms with van der Waals surface area (Å²) in [6, 6.07) is 13.2. The fourth-order valence-corrected chi connectivity index (χ4v) is 3.02. The maximum atomic E-state index is 13.6. The van der Waals surface area contributed by atoms with Gasteiger partial charge in [-0.25, -0.2) is 4.39 Å². The zero-order chi connectivity index (χ0) is 17.3. The van der Waals surface area contributed by atoms with E-state index in [0.717, 1.165) is 11.1 Å². The van der Waals surface area contributed by atoms with Crippen molar-refractivity contribution in [1.29, 1.82) is 0 Å². The molecule has 24 heavy (non-hydrogen) atoms. The summed E-state index contributed by atoms with van der Waals surface area (Å²) in [7, 11) is 0. The summed E-state index contributed by atoms with van der Waals surface area (Å²) >= 11 is 0.503. The van der Waals surface area contributed by atoms with Crippen LogP contribution < -0.4 is 0 Å². The molecule has 3 rings (SSSR count). The Labute approximate surface area is 143 Å². The minimum absolute atomic E-state index is 0.178. The largest absolute Gasteiger partial charge is 0.478 e. The van der Waals surface area contributed by atoms with Crippen LogP contribution in [0.25, 0.3) is 11.3 Å². The zero-order valence-corrected chi connectivity index (χ0v) is 14.2. The van der Waals surface area contributed by atoms with Crippen molar-refractivity contribution in [2.75, 3.05) is 0 Å². The SMILES string of the molecule is CC1(C)OC(c2ccc(C[S+]=O)cc2)=C(c2cccc(F)c2)C1=O. The molecular weight excluding hydrogens is 327 g/mol. The molecule has 1 aliphatic rings. The number of hydrogen-bond acceptors (Lipinski definition) is 3. The molecule has 0 saturated heterocycles. The Morgan fingerprint density at radius 1 is 1.08 bits per heavy atom. The molecule has 122 valence electrons. The van der Waals surface area contributed by atoms with E-state index in [9.17, 15) is 13.4 Å². The van der Waals surface area contributed by atoms with Crippen LogP contribution in [0.2, 0.25) is 0 Å². The predicted molar refractivity (Wildman–Crippen MR) is 91.6 cm³/mol. The van der Waals surface area contributed by atoms with Gasteiger partial charge in [-0.05, 0) is 31.5 Å². The standard InChI is InChI=1S/C19H16FO3S/c1-19(2)18(21)16(14-4-3-5-15(20)10-14)17(23-19)13-8-6-12(7-9-13)11-24-22/h3-10H,11H2,1-2H3/q+1. The second-order valence-electron chi connectivity index (χ2n) is 6.12. The Bertz CT molecular complexity index is 838. The van der Waals surface area contributed by atoms with Gasteiger partial charge in [0.05, 0.1) is 5.57 Å². The van der Waals surface area contributed by atoms with Crippen LogP contribution >= 0.6 is 0 Å². The predicted octanol–water partition coefficient (Wildman–Crippen LogP) is 4.00. The van der Waals surface area contributed by atoms with Crippen molar-refractivity contribution in [2.24, 2.45) is 0 Å². The van der Waals surface area contributed by atoms with Crippen molar-refractivity contribution in [3.63, 3.8) is 0 Å². The molecule has 0 unspecified atom stereocenters. The van der Waals surface area contributed by atoms with Crippen LogP contribution in [0.3, 0.4) is 0 Å². The van der Waals surface area contributed by atoms with Crippen LogP contribution in [0, 0.1) is 5.82 Å². The first-order valence-electron chi connectivity index (χ1n) is 7.50. The van der Waals surface area contributed by atoms with E-state index in [-0.39, 0.29) is 5.78 Å². The van der Waals surface area contributed by atoms with Gasteiger partial charge in [0.1, 0.15) is 11.6 Å². The molecule has 0 saturated carbocycles. The highest BCUT2D eigenvalue weighted by Gasteiger charge is 2.42. The van der Waals surface area contributed by atoms with Crippen LogP contribution in [0.4, 0.5) is 4.39 Å². The minimum atomic E-state index is -0.999. The Morgan fingerprint density at radius 3 is 2.42 bits per heavy atom. The van der Waals surface area contributed by atoms with Crippen LogP contribution in [0.15, 0.2) is 48.5 Å². The van der Waals surface area contributed by atoms with Crippen LogP contribution in [-0.2, 0) is 31.2 Å². The van der Waals surface area contributed by atoms with Crippen molar-refractivity contribution in [3.8, 4) is 0 Å². The van der Waals surface area contributed by atoms with E-state index in [1.165, 1.54) is 12.1 Å². The lowest BCUT2D eigenvalue weighted by Crippen LogP contribution is -2.29. The lowest BCUT2D eigenvalue weighted by atomic mass is 9.92. The molecular formula is C19H16FO3S+. The summed E-state index contributed by atoms with van der Waals surface area (Å²) in [5.74, 6) is 0.236. The average Bonchev–Trinajstić information content (AvgIpc) is 2.79. The van der Waals surface area contributed by atoms with Crippen LogP contribution in [0.5, 0.6) is 0 Å². The number of ether oxygens (including phenoxy) is 1. The third-order valence-corrected chi connectivity index (χ3v) is 4.36. The molecule has 5 heteroatoms. The highest BCUT2D eigenvalue weighted by Crippen LogP contribution is 2.41. The molecule has 0 amide bonds. The van der Waals surface area contributed by atoms with E-state index < -0.39 is 11.4 Å². The number of hydrogen-bond donors (Lipinski definition) is 0. The molecule has 2 aromatic carbocycles. The van der Waals surface area contributed by atoms with Gasteiger partial charge in [-0.15, -0.1) is 0 Å². The molecule has 0 fully saturated rings. The molecule has 0 spiro atoms. The zero-order valence-electron chi connectivity index (χ0n) is 13.3. The smallest absolute Gasteiger partial charge is 0.463 e. The van der Waals surface area contributed by atoms with Gasteiger partial charge in [0.2, 0.25) is 5.78 Å². The summed E-state index contributed by atoms with van der Waals surface area (Å²) in [6.45, 7) is 3.40. The van der Waals surface area contributed by atoms with E-state index in [2.05, 4.69) is 0 Å². The summed E-state index contributed by atoms with van der Waals surface area (Å²) in [5, 5.41) is 0. The van der Waals surface area contributed by atoms with Crippen molar-refractivity contribution < 1.29 is 18.1 Å². The molecule has 2 aromatic rings. The molecule has 1 aliphatic heterocycles. The number of carbonyl (C=O) groups is 1. The van der Waals surface area contributed by atoms with Crippen LogP contribution in [-0.4, -0.2) is 11.4 Å². The fourth-order valence-electron chi connectivity index (χ4n) is 2.69. The van der Waals surface area contributed by atoms with E-state index >= 15 is 0 Å². The highest BCUT2D eigenvalue weighted by atomic mass is 32.1. The summed E-state index contributed by atoms with van der Waals surface area (Å²) in [4.78, 5) is 12.7. The van der Waals surface area contributed by atoms with E-state index in [4.69, 9.17) is 4.74 Å². The first-order valence-corrected chi connectivity index (χ1v) is 8.41. The quantitative estimate of drug-likeness (QED) is 0.788. The van der Waals surface area contributed by atoms with Gasteiger partial charge >= 0.3 is 11.7 Å². The molecule has 0 atom stereocenters. The molecule has 0 radical (unpaired) electrons. The average molecular weight is 343 g/mol. The van der Waals surface area contributed by atoms with Gasteiger partial charge in [-0.3, -0.25) is 4.79 Å². The van der Waals surface area contributed by atoms with Crippen molar-refractivity contribution in [1.82, 2.24) is 0 Å². The van der Waals surface area contributed by atoms with E-state index in [0.29, 0.717) is 34.3 Å². The number of carbonyl (C=O) groups excluding carboxylic acids is 1. The lowest BCUT2D eigenvalue weighted by Gasteiger charge is -2.17. The molecule has 0 N–H and O–H groups in total. The minimum Gasteiger partial charge on any atom is -0.478 e. The number of benzene rings is 2. The van der Waals surface area contributed by atoms with Gasteiger partial charge in [0.25, 0.3) is 5.75 Å². The molecule has 0 bridgehead atoms.